The maximum atomic E-state index is 10.3. The first-order valence-corrected chi connectivity index (χ1v) is 4.60. The molecule has 2 rings (SSSR count). The van der Waals surface area contributed by atoms with Crippen molar-refractivity contribution in [3.8, 4) is 0 Å². The molecule has 1 aliphatic heterocycles. The molecule has 1 aromatic rings. The molecule has 0 bridgehead atoms. The summed E-state index contributed by atoms with van der Waals surface area (Å²) in [5, 5.41) is 3.87. The molecular weight excluding hydrogens is 178 g/mol. The number of hydrogen-bond donors (Lipinski definition) is 0. The highest BCUT2D eigenvalue weighted by molar-refractivity contribution is 5.94. The van der Waals surface area contributed by atoms with Gasteiger partial charge in [-0.3, -0.25) is 0 Å². The highest BCUT2D eigenvalue weighted by atomic mass is 16.6. The molecule has 3 heteroatoms. The van der Waals surface area contributed by atoms with Crippen molar-refractivity contribution in [2.75, 3.05) is 0 Å². The summed E-state index contributed by atoms with van der Waals surface area (Å²) in [6.45, 7) is 0. The summed E-state index contributed by atoms with van der Waals surface area (Å²) in [5.41, 5.74) is 1.94. The molecule has 0 radical (unpaired) electrons. The lowest BCUT2D eigenvalue weighted by Crippen LogP contribution is -2.00. The molecule has 1 atom stereocenters. The normalized spacial score (nSPS) is 20.0. The van der Waals surface area contributed by atoms with E-state index in [-0.39, 0.29) is 6.10 Å². The van der Waals surface area contributed by atoms with Crippen LogP contribution in [0.25, 0.3) is 0 Å². The van der Waals surface area contributed by atoms with Crippen LogP contribution in [-0.2, 0) is 9.63 Å². The predicted octanol–water partition coefficient (Wildman–Crippen LogP) is 2.09. The number of rotatable bonds is 3. The van der Waals surface area contributed by atoms with Crippen molar-refractivity contribution in [3.63, 3.8) is 0 Å². The Morgan fingerprint density at radius 3 is 2.93 bits per heavy atom. The maximum absolute atomic E-state index is 10.3. The average molecular weight is 189 g/mol. The Morgan fingerprint density at radius 2 is 2.21 bits per heavy atom. The van der Waals surface area contributed by atoms with E-state index in [4.69, 9.17) is 4.84 Å². The highest BCUT2D eigenvalue weighted by Crippen LogP contribution is 2.27. The molecule has 0 aliphatic carbocycles. The topological polar surface area (TPSA) is 38.7 Å². The fourth-order valence-corrected chi connectivity index (χ4v) is 1.49. The third-order valence-corrected chi connectivity index (χ3v) is 2.22. The molecule has 1 aromatic carbocycles. The third-order valence-electron chi connectivity index (χ3n) is 2.22. The zero-order valence-corrected chi connectivity index (χ0v) is 7.72. The van der Waals surface area contributed by atoms with Crippen LogP contribution in [-0.4, -0.2) is 12.0 Å². The Bertz CT molecular complexity index is 346. The van der Waals surface area contributed by atoms with E-state index in [0.717, 1.165) is 24.0 Å². The summed E-state index contributed by atoms with van der Waals surface area (Å²) in [4.78, 5) is 15.5. The standard InChI is InChI=1S/C11H11NO2/c13-7-6-10-8-11(14-12-10)9-4-2-1-3-5-9/h1-5,7,11H,6,8H2. The summed E-state index contributed by atoms with van der Waals surface area (Å²) in [7, 11) is 0. The number of benzene rings is 1. The predicted molar refractivity (Wildman–Crippen MR) is 53.0 cm³/mol. The van der Waals surface area contributed by atoms with Crippen molar-refractivity contribution < 1.29 is 9.63 Å². The molecule has 0 fully saturated rings. The lowest BCUT2D eigenvalue weighted by molar-refractivity contribution is -0.106. The molecule has 1 heterocycles. The van der Waals surface area contributed by atoms with Crippen LogP contribution in [0.5, 0.6) is 0 Å². The number of carbonyl (C=O) groups excluding carboxylic acids is 1. The molecule has 0 N–H and O–H groups in total. The zero-order chi connectivity index (χ0) is 9.80. The maximum Gasteiger partial charge on any atom is 0.157 e. The zero-order valence-electron chi connectivity index (χ0n) is 7.72. The van der Waals surface area contributed by atoms with E-state index in [2.05, 4.69) is 5.16 Å². The fraction of sp³-hybridized carbons (Fsp3) is 0.273. The van der Waals surface area contributed by atoms with Crippen molar-refractivity contribution >= 4 is 12.0 Å². The van der Waals surface area contributed by atoms with Crippen LogP contribution in [0.1, 0.15) is 24.5 Å². The molecule has 0 saturated carbocycles. The third kappa shape index (κ3) is 1.82. The molecule has 0 aromatic heterocycles. The monoisotopic (exact) mass is 189 g/mol. The van der Waals surface area contributed by atoms with Gasteiger partial charge in [0.05, 0.1) is 5.71 Å². The van der Waals surface area contributed by atoms with E-state index in [1.54, 1.807) is 0 Å². The van der Waals surface area contributed by atoms with Gasteiger partial charge in [-0.2, -0.15) is 0 Å². The van der Waals surface area contributed by atoms with Crippen LogP contribution in [0.15, 0.2) is 35.5 Å². The van der Waals surface area contributed by atoms with E-state index >= 15 is 0 Å². The van der Waals surface area contributed by atoms with Crippen molar-refractivity contribution in [2.24, 2.45) is 5.16 Å². The van der Waals surface area contributed by atoms with Gasteiger partial charge in [-0.25, -0.2) is 0 Å². The number of aldehydes is 1. The van der Waals surface area contributed by atoms with Crippen LogP contribution in [0, 0.1) is 0 Å². The Hall–Kier alpha value is -1.64. The van der Waals surface area contributed by atoms with Gasteiger partial charge in [0.25, 0.3) is 0 Å². The lowest BCUT2D eigenvalue weighted by atomic mass is 10.0. The molecule has 3 nitrogen and oxygen atoms in total. The smallest absolute Gasteiger partial charge is 0.157 e. The Balaban J connectivity index is 2.02. The van der Waals surface area contributed by atoms with E-state index < -0.39 is 0 Å². The molecule has 0 spiro atoms. The van der Waals surface area contributed by atoms with Gasteiger partial charge in [-0.1, -0.05) is 35.5 Å². The van der Waals surface area contributed by atoms with Gasteiger partial charge in [0.15, 0.2) is 6.10 Å². The molecule has 1 unspecified atom stereocenters. The summed E-state index contributed by atoms with van der Waals surface area (Å²) in [6.07, 6.45) is 1.95. The van der Waals surface area contributed by atoms with Gasteiger partial charge in [0, 0.05) is 12.8 Å². The number of oxime groups is 1. The van der Waals surface area contributed by atoms with Gasteiger partial charge in [0.2, 0.25) is 0 Å². The second kappa shape index (κ2) is 4.05. The van der Waals surface area contributed by atoms with Gasteiger partial charge in [-0.15, -0.1) is 0 Å². The van der Waals surface area contributed by atoms with E-state index in [1.807, 2.05) is 30.3 Å². The van der Waals surface area contributed by atoms with E-state index in [9.17, 15) is 4.79 Å². The van der Waals surface area contributed by atoms with Gasteiger partial charge in [0.1, 0.15) is 6.29 Å². The molecule has 1 aliphatic rings. The van der Waals surface area contributed by atoms with E-state index in [1.165, 1.54) is 0 Å². The average Bonchev–Trinajstić information content (AvgIpc) is 2.68. The largest absolute Gasteiger partial charge is 0.387 e. The molecule has 14 heavy (non-hydrogen) atoms. The minimum Gasteiger partial charge on any atom is -0.387 e. The second-order valence-corrected chi connectivity index (χ2v) is 3.24. The number of nitrogens with zero attached hydrogens (tertiary/aromatic N) is 1. The summed E-state index contributed by atoms with van der Waals surface area (Å²) in [6, 6.07) is 9.91. The fourth-order valence-electron chi connectivity index (χ4n) is 1.49. The second-order valence-electron chi connectivity index (χ2n) is 3.24. The van der Waals surface area contributed by atoms with Crippen LogP contribution >= 0.6 is 0 Å². The Kier molecular flexibility index (Phi) is 2.58. The quantitative estimate of drug-likeness (QED) is 0.683. The van der Waals surface area contributed by atoms with Crippen molar-refractivity contribution in [1.29, 1.82) is 0 Å². The first-order valence-electron chi connectivity index (χ1n) is 4.60. The number of hydrogen-bond acceptors (Lipinski definition) is 3. The van der Waals surface area contributed by atoms with Gasteiger partial charge in [-0.05, 0) is 5.56 Å². The minimum absolute atomic E-state index is 0.00819. The highest BCUT2D eigenvalue weighted by Gasteiger charge is 2.21. The lowest BCUT2D eigenvalue weighted by Gasteiger charge is -2.06. The number of carbonyl (C=O) groups is 1. The molecule has 72 valence electrons. The summed E-state index contributed by atoms with van der Waals surface area (Å²) < 4.78 is 0. The van der Waals surface area contributed by atoms with Crippen LogP contribution in [0.2, 0.25) is 0 Å². The SMILES string of the molecule is O=CCC1=NOC(c2ccccc2)C1. The molecule has 0 amide bonds. The Morgan fingerprint density at radius 1 is 1.43 bits per heavy atom. The van der Waals surface area contributed by atoms with Crippen LogP contribution < -0.4 is 0 Å². The van der Waals surface area contributed by atoms with Crippen molar-refractivity contribution in [3.05, 3.63) is 35.9 Å². The van der Waals surface area contributed by atoms with Gasteiger partial charge >= 0.3 is 0 Å². The van der Waals surface area contributed by atoms with E-state index in [0.29, 0.717) is 6.42 Å². The van der Waals surface area contributed by atoms with Gasteiger partial charge < -0.3 is 9.63 Å². The summed E-state index contributed by atoms with van der Waals surface area (Å²) in [5.74, 6) is 0. The van der Waals surface area contributed by atoms with Crippen molar-refractivity contribution in [1.82, 2.24) is 0 Å². The summed E-state index contributed by atoms with van der Waals surface area (Å²) >= 11 is 0. The molecular formula is C11H11NO2. The van der Waals surface area contributed by atoms with Crippen molar-refractivity contribution in [2.45, 2.75) is 18.9 Å². The minimum atomic E-state index is -0.00819. The first-order chi connectivity index (χ1) is 6.90. The Labute approximate surface area is 82.4 Å². The van der Waals surface area contributed by atoms with Crippen LogP contribution in [0.4, 0.5) is 0 Å². The molecule has 0 saturated heterocycles. The first kappa shape index (κ1) is 8.94. The van der Waals surface area contributed by atoms with Crippen LogP contribution in [0.3, 0.4) is 0 Å².